The smallest absolute Gasteiger partial charge is 0.391 e. The first-order chi connectivity index (χ1) is 8.56. The van der Waals surface area contributed by atoms with E-state index in [0.29, 0.717) is 6.42 Å². The zero-order valence-electron chi connectivity index (χ0n) is 11.0. The van der Waals surface area contributed by atoms with Crippen molar-refractivity contribution in [2.75, 3.05) is 0 Å². The van der Waals surface area contributed by atoms with E-state index in [1.54, 1.807) is 13.8 Å². The highest BCUT2D eigenvalue weighted by atomic mass is 19.4. The molecule has 0 aromatic rings. The van der Waals surface area contributed by atoms with Crippen molar-refractivity contribution in [1.29, 1.82) is 0 Å². The number of carboxylic acids is 1. The van der Waals surface area contributed by atoms with Crippen LogP contribution >= 0.6 is 0 Å². The molecule has 0 fully saturated rings. The Kier molecular flexibility index (Phi) is 6.64. The number of carbonyl (C=O) groups excluding carboxylic acids is 1. The lowest BCUT2D eigenvalue weighted by Crippen LogP contribution is -2.51. The molecule has 0 aromatic heterocycles. The Hall–Kier alpha value is -1.47. The van der Waals surface area contributed by atoms with Gasteiger partial charge in [-0.25, -0.2) is 9.59 Å². The van der Waals surface area contributed by atoms with Gasteiger partial charge in [-0.2, -0.15) is 13.2 Å². The van der Waals surface area contributed by atoms with Crippen LogP contribution in [0.25, 0.3) is 0 Å². The molecule has 3 unspecified atom stereocenters. The third-order valence-corrected chi connectivity index (χ3v) is 2.68. The van der Waals surface area contributed by atoms with E-state index in [0.717, 1.165) is 0 Å². The SMILES string of the molecule is CCC(C)C(NC(=O)NC(C)CC(F)(F)F)C(=O)O. The molecule has 0 aliphatic carbocycles. The maximum atomic E-state index is 12.1. The van der Waals surface area contributed by atoms with Crippen LogP contribution in [0.2, 0.25) is 0 Å². The van der Waals surface area contributed by atoms with Crippen molar-refractivity contribution in [3.63, 3.8) is 0 Å². The molecule has 112 valence electrons. The van der Waals surface area contributed by atoms with Crippen molar-refractivity contribution in [3.8, 4) is 0 Å². The molecule has 0 rings (SSSR count). The lowest BCUT2D eigenvalue weighted by Gasteiger charge is -2.22. The minimum atomic E-state index is -4.38. The van der Waals surface area contributed by atoms with Gasteiger partial charge < -0.3 is 15.7 Å². The predicted octanol–water partition coefficient (Wildman–Crippen LogP) is 2.13. The summed E-state index contributed by atoms with van der Waals surface area (Å²) in [4.78, 5) is 22.3. The van der Waals surface area contributed by atoms with Gasteiger partial charge in [0.15, 0.2) is 0 Å². The highest BCUT2D eigenvalue weighted by molar-refractivity contribution is 5.82. The Balaban J connectivity index is 4.39. The number of carboxylic acid groups (broad SMARTS) is 1. The lowest BCUT2D eigenvalue weighted by atomic mass is 9.99. The fourth-order valence-electron chi connectivity index (χ4n) is 1.49. The van der Waals surface area contributed by atoms with Crippen molar-refractivity contribution in [3.05, 3.63) is 0 Å². The maximum absolute atomic E-state index is 12.1. The molecule has 0 saturated heterocycles. The van der Waals surface area contributed by atoms with Gasteiger partial charge in [-0.15, -0.1) is 0 Å². The molecular formula is C11H19F3N2O3. The summed E-state index contributed by atoms with van der Waals surface area (Å²) in [7, 11) is 0. The Morgan fingerprint density at radius 2 is 1.74 bits per heavy atom. The van der Waals surface area contributed by atoms with Crippen LogP contribution in [0.5, 0.6) is 0 Å². The quantitative estimate of drug-likeness (QED) is 0.699. The minimum absolute atomic E-state index is 0.318. The van der Waals surface area contributed by atoms with Crippen molar-refractivity contribution in [1.82, 2.24) is 10.6 Å². The Morgan fingerprint density at radius 1 is 1.21 bits per heavy atom. The standard InChI is InChI=1S/C11H19F3N2O3/c1-4-6(2)8(9(17)18)16-10(19)15-7(3)5-11(12,13)14/h6-8H,4-5H2,1-3H3,(H,17,18)(H2,15,16,19). The number of aliphatic carboxylic acids is 1. The topological polar surface area (TPSA) is 78.4 Å². The number of alkyl halides is 3. The Bertz CT molecular complexity index is 321. The van der Waals surface area contributed by atoms with Gasteiger partial charge in [-0.05, 0) is 12.8 Å². The summed E-state index contributed by atoms with van der Waals surface area (Å²) in [5, 5.41) is 13.2. The number of rotatable bonds is 6. The van der Waals surface area contributed by atoms with Crippen LogP contribution in [0, 0.1) is 5.92 Å². The average molecular weight is 284 g/mol. The van der Waals surface area contributed by atoms with Gasteiger partial charge in [0.2, 0.25) is 0 Å². The molecule has 8 heteroatoms. The Morgan fingerprint density at radius 3 is 2.11 bits per heavy atom. The fraction of sp³-hybridized carbons (Fsp3) is 0.818. The molecule has 0 aromatic carbocycles. The zero-order chi connectivity index (χ0) is 15.2. The molecule has 0 heterocycles. The molecule has 0 spiro atoms. The summed E-state index contributed by atoms with van der Waals surface area (Å²) in [6.07, 6.45) is -5.02. The average Bonchev–Trinajstić information content (AvgIpc) is 2.21. The van der Waals surface area contributed by atoms with Crippen molar-refractivity contribution >= 4 is 12.0 Å². The number of carbonyl (C=O) groups is 2. The largest absolute Gasteiger partial charge is 0.480 e. The maximum Gasteiger partial charge on any atom is 0.391 e. The normalized spacial score (nSPS) is 16.3. The lowest BCUT2D eigenvalue weighted by molar-refractivity contribution is -0.141. The van der Waals surface area contributed by atoms with E-state index < -0.39 is 36.7 Å². The molecule has 0 saturated carbocycles. The molecule has 19 heavy (non-hydrogen) atoms. The summed E-state index contributed by atoms with van der Waals surface area (Å²) in [5.41, 5.74) is 0. The highest BCUT2D eigenvalue weighted by Crippen LogP contribution is 2.21. The molecule has 2 amide bonds. The van der Waals surface area contributed by atoms with E-state index in [1.165, 1.54) is 6.92 Å². The molecule has 5 nitrogen and oxygen atoms in total. The van der Waals surface area contributed by atoms with Gasteiger partial charge in [0.05, 0.1) is 6.42 Å². The minimum Gasteiger partial charge on any atom is -0.480 e. The van der Waals surface area contributed by atoms with E-state index in [2.05, 4.69) is 10.6 Å². The van der Waals surface area contributed by atoms with Crippen molar-refractivity contribution < 1.29 is 27.9 Å². The van der Waals surface area contributed by atoms with E-state index in [1.807, 2.05) is 0 Å². The third-order valence-electron chi connectivity index (χ3n) is 2.68. The van der Waals surface area contributed by atoms with Gasteiger partial charge in [-0.3, -0.25) is 0 Å². The first-order valence-electron chi connectivity index (χ1n) is 5.93. The molecule has 0 radical (unpaired) electrons. The first-order valence-corrected chi connectivity index (χ1v) is 5.93. The Labute approximate surface area is 109 Å². The second-order valence-corrected chi connectivity index (χ2v) is 4.54. The summed E-state index contributed by atoms with van der Waals surface area (Å²) < 4.78 is 36.2. The zero-order valence-corrected chi connectivity index (χ0v) is 11.0. The summed E-state index contributed by atoms with van der Waals surface area (Å²) in [6.45, 7) is 4.59. The molecule has 0 bridgehead atoms. The van der Waals surface area contributed by atoms with Crippen molar-refractivity contribution in [2.24, 2.45) is 5.92 Å². The van der Waals surface area contributed by atoms with Gasteiger partial charge in [0.25, 0.3) is 0 Å². The van der Waals surface area contributed by atoms with Gasteiger partial charge >= 0.3 is 18.2 Å². The van der Waals surface area contributed by atoms with E-state index in [9.17, 15) is 22.8 Å². The summed E-state index contributed by atoms with van der Waals surface area (Å²) >= 11 is 0. The molecular weight excluding hydrogens is 265 g/mol. The fourth-order valence-corrected chi connectivity index (χ4v) is 1.49. The number of nitrogens with one attached hydrogen (secondary N) is 2. The van der Waals surface area contributed by atoms with Crippen LogP contribution in [-0.2, 0) is 4.79 Å². The monoisotopic (exact) mass is 284 g/mol. The number of amides is 2. The summed E-state index contributed by atoms with van der Waals surface area (Å²) in [6, 6.07) is -3.15. The van der Waals surface area contributed by atoms with Gasteiger partial charge in [0, 0.05) is 6.04 Å². The van der Waals surface area contributed by atoms with Crippen LogP contribution < -0.4 is 10.6 Å². The van der Waals surface area contributed by atoms with E-state index in [4.69, 9.17) is 5.11 Å². The second-order valence-electron chi connectivity index (χ2n) is 4.54. The van der Waals surface area contributed by atoms with E-state index >= 15 is 0 Å². The molecule has 0 aliphatic heterocycles. The molecule has 3 N–H and O–H groups in total. The van der Waals surface area contributed by atoms with Crippen LogP contribution in [0.15, 0.2) is 0 Å². The first kappa shape index (κ1) is 17.5. The predicted molar refractivity (Wildman–Crippen MR) is 62.7 cm³/mol. The molecule has 0 aliphatic rings. The number of urea groups is 1. The van der Waals surface area contributed by atoms with Crippen LogP contribution in [0.3, 0.4) is 0 Å². The van der Waals surface area contributed by atoms with Crippen LogP contribution in [0.1, 0.15) is 33.6 Å². The van der Waals surface area contributed by atoms with Crippen LogP contribution in [-0.4, -0.2) is 35.4 Å². The van der Waals surface area contributed by atoms with Gasteiger partial charge in [-0.1, -0.05) is 20.3 Å². The molecule has 3 atom stereocenters. The third kappa shape index (κ3) is 7.53. The number of halogens is 3. The highest BCUT2D eigenvalue weighted by Gasteiger charge is 2.31. The number of hydrogen-bond acceptors (Lipinski definition) is 2. The van der Waals surface area contributed by atoms with Crippen molar-refractivity contribution in [2.45, 2.75) is 51.9 Å². The van der Waals surface area contributed by atoms with Gasteiger partial charge in [0.1, 0.15) is 6.04 Å². The summed E-state index contributed by atoms with van der Waals surface area (Å²) in [5.74, 6) is -1.53. The van der Waals surface area contributed by atoms with E-state index in [-0.39, 0.29) is 5.92 Å². The second kappa shape index (κ2) is 7.20. The number of hydrogen-bond donors (Lipinski definition) is 3. The van der Waals surface area contributed by atoms with Crippen LogP contribution in [0.4, 0.5) is 18.0 Å².